The summed E-state index contributed by atoms with van der Waals surface area (Å²) in [4.78, 5) is 2.12. The zero-order valence-electron chi connectivity index (χ0n) is 8.20. The molecule has 0 heterocycles. The van der Waals surface area contributed by atoms with Gasteiger partial charge in [-0.1, -0.05) is 31.0 Å². The largest absolute Gasteiger partial charge is 0.361 e. The number of para-hydroxylation sites is 1. The monoisotopic (exact) mass is 173 g/mol. The van der Waals surface area contributed by atoms with E-state index in [1.807, 2.05) is 25.2 Å². The lowest BCUT2D eigenvalue weighted by Gasteiger charge is -2.24. The van der Waals surface area contributed by atoms with E-state index in [9.17, 15) is 0 Å². The fourth-order valence-electron chi connectivity index (χ4n) is 1.35. The first-order valence-electron chi connectivity index (χ1n) is 4.53. The molecular weight excluding hydrogens is 158 g/mol. The number of hydrogen-bond donors (Lipinski definition) is 0. The Morgan fingerprint density at radius 1 is 1.38 bits per heavy atom. The highest BCUT2D eigenvalue weighted by Gasteiger charge is 2.08. The molecule has 0 fully saturated rings. The molecule has 0 bridgehead atoms. The van der Waals surface area contributed by atoms with E-state index >= 15 is 0 Å². The summed E-state index contributed by atoms with van der Waals surface area (Å²) >= 11 is 0. The SMILES string of the molecule is C#CC(CC)N(C)c1ccccc1. The van der Waals surface area contributed by atoms with Crippen LogP contribution in [0.1, 0.15) is 13.3 Å². The predicted molar refractivity (Wildman–Crippen MR) is 57.8 cm³/mol. The number of benzene rings is 1. The minimum Gasteiger partial charge on any atom is -0.361 e. The zero-order valence-corrected chi connectivity index (χ0v) is 8.20. The first-order chi connectivity index (χ1) is 6.29. The molecule has 0 saturated carbocycles. The Morgan fingerprint density at radius 3 is 2.46 bits per heavy atom. The lowest BCUT2D eigenvalue weighted by Crippen LogP contribution is -2.29. The van der Waals surface area contributed by atoms with Gasteiger partial charge in [-0.2, -0.15) is 0 Å². The maximum absolute atomic E-state index is 5.43. The van der Waals surface area contributed by atoms with Gasteiger partial charge in [0.2, 0.25) is 0 Å². The average Bonchev–Trinajstić information content (AvgIpc) is 2.21. The van der Waals surface area contributed by atoms with E-state index < -0.39 is 0 Å². The van der Waals surface area contributed by atoms with E-state index in [4.69, 9.17) is 6.42 Å². The van der Waals surface area contributed by atoms with Crippen LogP contribution >= 0.6 is 0 Å². The van der Waals surface area contributed by atoms with E-state index in [2.05, 4.69) is 29.9 Å². The molecule has 0 aliphatic rings. The molecule has 1 nitrogen and oxygen atoms in total. The van der Waals surface area contributed by atoms with E-state index in [-0.39, 0.29) is 6.04 Å². The van der Waals surface area contributed by atoms with E-state index in [1.54, 1.807) is 0 Å². The molecule has 13 heavy (non-hydrogen) atoms. The topological polar surface area (TPSA) is 3.24 Å². The van der Waals surface area contributed by atoms with Gasteiger partial charge in [-0.25, -0.2) is 0 Å². The van der Waals surface area contributed by atoms with Gasteiger partial charge in [-0.05, 0) is 18.6 Å². The summed E-state index contributed by atoms with van der Waals surface area (Å²) in [6.45, 7) is 2.10. The number of hydrogen-bond acceptors (Lipinski definition) is 1. The van der Waals surface area contributed by atoms with Crippen LogP contribution in [0.5, 0.6) is 0 Å². The van der Waals surface area contributed by atoms with Crippen LogP contribution < -0.4 is 4.90 Å². The quantitative estimate of drug-likeness (QED) is 0.635. The van der Waals surface area contributed by atoms with Gasteiger partial charge in [0.1, 0.15) is 0 Å². The van der Waals surface area contributed by atoms with Crippen molar-refractivity contribution in [3.8, 4) is 12.3 Å². The lowest BCUT2D eigenvalue weighted by molar-refractivity contribution is 0.743. The molecule has 0 aromatic heterocycles. The van der Waals surface area contributed by atoms with Crippen LogP contribution in [0.3, 0.4) is 0 Å². The molecule has 0 spiro atoms. The molecule has 1 atom stereocenters. The molecule has 0 amide bonds. The number of terminal acetylenes is 1. The molecule has 1 unspecified atom stereocenters. The molecule has 1 rings (SSSR count). The Balaban J connectivity index is 2.79. The highest BCUT2D eigenvalue weighted by atomic mass is 15.1. The second-order valence-corrected chi connectivity index (χ2v) is 3.04. The molecule has 0 aliphatic heterocycles. The van der Waals surface area contributed by atoms with E-state index in [0.29, 0.717) is 0 Å². The molecule has 0 aliphatic carbocycles. The van der Waals surface area contributed by atoms with Crippen LogP contribution in [0.4, 0.5) is 5.69 Å². The molecule has 1 aromatic carbocycles. The van der Waals surface area contributed by atoms with Crippen LogP contribution in [0.25, 0.3) is 0 Å². The van der Waals surface area contributed by atoms with Crippen LogP contribution in [0, 0.1) is 12.3 Å². The minimum atomic E-state index is 0.197. The van der Waals surface area contributed by atoms with Crippen molar-refractivity contribution in [1.29, 1.82) is 0 Å². The molecule has 0 saturated heterocycles. The fraction of sp³-hybridized carbons (Fsp3) is 0.333. The van der Waals surface area contributed by atoms with Gasteiger partial charge < -0.3 is 4.90 Å². The van der Waals surface area contributed by atoms with Crippen molar-refractivity contribution in [2.45, 2.75) is 19.4 Å². The van der Waals surface area contributed by atoms with Gasteiger partial charge in [-0.15, -0.1) is 6.42 Å². The minimum absolute atomic E-state index is 0.197. The van der Waals surface area contributed by atoms with Gasteiger partial charge in [0.25, 0.3) is 0 Å². The number of nitrogens with zero attached hydrogens (tertiary/aromatic N) is 1. The first kappa shape index (κ1) is 9.67. The highest BCUT2D eigenvalue weighted by molar-refractivity contribution is 5.47. The molecule has 0 N–H and O–H groups in total. The third-order valence-electron chi connectivity index (χ3n) is 2.21. The van der Waals surface area contributed by atoms with E-state index in [1.165, 1.54) is 5.69 Å². The summed E-state index contributed by atoms with van der Waals surface area (Å²) in [6.07, 6.45) is 6.40. The normalized spacial score (nSPS) is 11.8. The second-order valence-electron chi connectivity index (χ2n) is 3.04. The van der Waals surface area contributed by atoms with Crippen LogP contribution in [-0.2, 0) is 0 Å². The lowest BCUT2D eigenvalue weighted by atomic mass is 10.2. The Bertz CT molecular complexity index is 284. The van der Waals surface area contributed by atoms with Crippen LogP contribution in [0.15, 0.2) is 30.3 Å². The fourth-order valence-corrected chi connectivity index (χ4v) is 1.35. The van der Waals surface area contributed by atoms with Gasteiger partial charge in [0.15, 0.2) is 0 Å². The van der Waals surface area contributed by atoms with Gasteiger partial charge in [0, 0.05) is 12.7 Å². The molecular formula is C12H15N. The third-order valence-corrected chi connectivity index (χ3v) is 2.21. The number of anilines is 1. The Hall–Kier alpha value is -1.42. The van der Waals surface area contributed by atoms with Crippen molar-refractivity contribution < 1.29 is 0 Å². The Labute approximate surface area is 80.4 Å². The van der Waals surface area contributed by atoms with Gasteiger partial charge >= 0.3 is 0 Å². The standard InChI is InChI=1S/C12H15N/c1-4-11(5-2)13(3)12-9-7-6-8-10-12/h1,6-11H,5H2,2-3H3. The summed E-state index contributed by atoms with van der Waals surface area (Å²) in [7, 11) is 2.03. The second kappa shape index (κ2) is 4.57. The third kappa shape index (κ3) is 2.26. The van der Waals surface area contributed by atoms with Crippen molar-refractivity contribution in [2.24, 2.45) is 0 Å². The number of rotatable bonds is 3. The Kier molecular flexibility index (Phi) is 3.40. The summed E-state index contributed by atoms with van der Waals surface area (Å²) in [5, 5.41) is 0. The van der Waals surface area contributed by atoms with E-state index in [0.717, 1.165) is 6.42 Å². The molecule has 1 aromatic rings. The summed E-state index contributed by atoms with van der Waals surface area (Å²) in [5.74, 6) is 2.78. The smallest absolute Gasteiger partial charge is 0.0895 e. The highest BCUT2D eigenvalue weighted by Crippen LogP contribution is 2.15. The summed E-state index contributed by atoms with van der Waals surface area (Å²) in [5.41, 5.74) is 1.17. The maximum atomic E-state index is 5.43. The Morgan fingerprint density at radius 2 is 2.00 bits per heavy atom. The van der Waals surface area contributed by atoms with Crippen LogP contribution in [0.2, 0.25) is 0 Å². The molecule has 68 valence electrons. The predicted octanol–water partition coefficient (Wildman–Crippen LogP) is 2.53. The molecule has 0 radical (unpaired) electrons. The van der Waals surface area contributed by atoms with Crippen LogP contribution in [-0.4, -0.2) is 13.1 Å². The van der Waals surface area contributed by atoms with Crippen molar-refractivity contribution in [3.05, 3.63) is 30.3 Å². The van der Waals surface area contributed by atoms with Gasteiger partial charge in [0.05, 0.1) is 6.04 Å². The van der Waals surface area contributed by atoms with Crippen molar-refractivity contribution in [2.75, 3.05) is 11.9 Å². The van der Waals surface area contributed by atoms with Crippen molar-refractivity contribution in [1.82, 2.24) is 0 Å². The van der Waals surface area contributed by atoms with Crippen molar-refractivity contribution in [3.63, 3.8) is 0 Å². The van der Waals surface area contributed by atoms with Gasteiger partial charge in [-0.3, -0.25) is 0 Å². The summed E-state index contributed by atoms with van der Waals surface area (Å²) in [6, 6.07) is 10.4. The average molecular weight is 173 g/mol. The van der Waals surface area contributed by atoms with Crippen molar-refractivity contribution >= 4 is 5.69 Å². The first-order valence-corrected chi connectivity index (χ1v) is 4.53. The summed E-state index contributed by atoms with van der Waals surface area (Å²) < 4.78 is 0. The zero-order chi connectivity index (χ0) is 9.68. The maximum Gasteiger partial charge on any atom is 0.0895 e. The molecule has 1 heteroatoms.